The minimum atomic E-state index is -0.544. The van der Waals surface area contributed by atoms with Crippen LogP contribution in [0.4, 0.5) is 0 Å². The van der Waals surface area contributed by atoms with Crippen LogP contribution in [-0.4, -0.2) is 35.6 Å². The topological polar surface area (TPSA) is 94.8 Å². The van der Waals surface area contributed by atoms with Crippen LogP contribution in [0.5, 0.6) is 11.5 Å². The molecule has 1 amide bonds. The smallest absolute Gasteiger partial charge is 0.292 e. The van der Waals surface area contributed by atoms with E-state index in [9.17, 15) is 9.59 Å². The molecule has 9 heteroatoms. The Kier molecular flexibility index (Phi) is 6.13. The maximum Gasteiger partial charge on any atom is 0.292 e. The third-order valence-corrected chi connectivity index (χ3v) is 4.37. The fourth-order valence-electron chi connectivity index (χ4n) is 2.81. The number of carbonyl (C=O) groups excluding carboxylic acids is 1. The monoisotopic (exact) mass is 414 g/mol. The Balaban J connectivity index is 1.87. The van der Waals surface area contributed by atoms with Gasteiger partial charge in [-0.25, -0.2) is 10.1 Å². The molecule has 0 aliphatic carbocycles. The van der Waals surface area contributed by atoms with Gasteiger partial charge in [-0.1, -0.05) is 29.8 Å². The predicted molar refractivity (Wildman–Crippen MR) is 111 cm³/mol. The van der Waals surface area contributed by atoms with Gasteiger partial charge in [0.15, 0.2) is 17.2 Å². The Morgan fingerprint density at radius 3 is 2.72 bits per heavy atom. The second-order valence-corrected chi connectivity index (χ2v) is 6.40. The summed E-state index contributed by atoms with van der Waals surface area (Å²) in [5.74, 6) is 0.356. The summed E-state index contributed by atoms with van der Waals surface area (Å²) in [6.07, 6.45) is 1.43. The summed E-state index contributed by atoms with van der Waals surface area (Å²) in [6, 6.07) is 10.1. The highest BCUT2D eigenvalue weighted by Crippen LogP contribution is 2.35. The normalized spacial score (nSPS) is 11.0. The van der Waals surface area contributed by atoms with Crippen LogP contribution in [0.15, 0.2) is 46.3 Å². The van der Waals surface area contributed by atoms with Gasteiger partial charge in [0.25, 0.3) is 11.5 Å². The van der Waals surface area contributed by atoms with E-state index >= 15 is 0 Å². The van der Waals surface area contributed by atoms with Crippen LogP contribution < -0.4 is 20.5 Å². The zero-order valence-electron chi connectivity index (χ0n) is 16.1. The number of carbonyl (C=O) groups is 1. The Morgan fingerprint density at radius 1 is 1.31 bits per heavy atom. The number of rotatable bonds is 6. The molecule has 150 valence electrons. The number of nitrogens with one attached hydrogen (secondary N) is 1. The highest BCUT2D eigenvalue weighted by molar-refractivity contribution is 6.32. The number of methoxy groups -OCH3 is 1. The van der Waals surface area contributed by atoms with E-state index in [4.69, 9.17) is 21.1 Å². The molecular formula is C20H19ClN4O4. The first-order valence-corrected chi connectivity index (χ1v) is 9.13. The summed E-state index contributed by atoms with van der Waals surface area (Å²) in [4.78, 5) is 24.8. The molecule has 29 heavy (non-hydrogen) atoms. The van der Waals surface area contributed by atoms with Crippen molar-refractivity contribution in [1.82, 2.24) is 15.2 Å². The zero-order chi connectivity index (χ0) is 21.0. The second kappa shape index (κ2) is 8.74. The number of fused-ring (bicyclic) bond motifs is 1. The van der Waals surface area contributed by atoms with Crippen molar-refractivity contribution in [2.75, 3.05) is 13.7 Å². The van der Waals surface area contributed by atoms with E-state index in [1.165, 1.54) is 20.4 Å². The highest BCUT2D eigenvalue weighted by Gasteiger charge is 2.15. The minimum Gasteiger partial charge on any atom is -0.491 e. The van der Waals surface area contributed by atoms with E-state index in [0.29, 0.717) is 39.5 Å². The molecule has 1 heterocycles. The second-order valence-electron chi connectivity index (χ2n) is 5.99. The van der Waals surface area contributed by atoms with Crippen LogP contribution in [-0.2, 0) is 7.05 Å². The molecule has 0 saturated heterocycles. The van der Waals surface area contributed by atoms with Gasteiger partial charge in [-0.2, -0.15) is 10.2 Å². The number of amides is 1. The van der Waals surface area contributed by atoms with Gasteiger partial charge in [-0.15, -0.1) is 0 Å². The Labute approximate surface area is 171 Å². The number of ether oxygens (including phenoxy) is 2. The molecule has 0 bridgehead atoms. The summed E-state index contributed by atoms with van der Waals surface area (Å²) in [5, 5.41) is 9.25. The van der Waals surface area contributed by atoms with Gasteiger partial charge in [-0.05, 0) is 30.7 Å². The van der Waals surface area contributed by atoms with E-state index in [1.54, 1.807) is 36.4 Å². The van der Waals surface area contributed by atoms with Crippen LogP contribution in [0.3, 0.4) is 0 Å². The predicted octanol–water partition coefficient (Wildman–Crippen LogP) is 2.76. The fraction of sp³-hybridized carbons (Fsp3) is 0.200. The van der Waals surface area contributed by atoms with Crippen molar-refractivity contribution in [3.05, 3.63) is 63.0 Å². The number of aryl methyl sites for hydroxylation is 1. The van der Waals surface area contributed by atoms with Crippen LogP contribution in [0.2, 0.25) is 5.02 Å². The van der Waals surface area contributed by atoms with Gasteiger partial charge in [0, 0.05) is 12.4 Å². The number of hydrazone groups is 1. The average Bonchev–Trinajstić information content (AvgIpc) is 2.71. The Bertz CT molecular complexity index is 1160. The number of halogens is 1. The van der Waals surface area contributed by atoms with Crippen LogP contribution in [0.1, 0.15) is 23.0 Å². The molecule has 3 rings (SSSR count). The molecule has 0 aliphatic heterocycles. The zero-order valence-corrected chi connectivity index (χ0v) is 16.9. The van der Waals surface area contributed by atoms with Crippen LogP contribution in [0.25, 0.3) is 10.8 Å². The molecular weight excluding hydrogens is 396 g/mol. The van der Waals surface area contributed by atoms with Crippen LogP contribution in [0, 0.1) is 0 Å². The molecule has 3 aromatic rings. The molecule has 0 aliphatic rings. The molecule has 0 atom stereocenters. The first kappa shape index (κ1) is 20.3. The lowest BCUT2D eigenvalue weighted by atomic mass is 10.1. The largest absolute Gasteiger partial charge is 0.491 e. The third-order valence-electron chi connectivity index (χ3n) is 4.09. The first-order chi connectivity index (χ1) is 14.0. The van der Waals surface area contributed by atoms with E-state index < -0.39 is 5.91 Å². The fourth-order valence-corrected chi connectivity index (χ4v) is 3.11. The van der Waals surface area contributed by atoms with E-state index in [2.05, 4.69) is 15.6 Å². The summed E-state index contributed by atoms with van der Waals surface area (Å²) in [7, 11) is 2.99. The quantitative estimate of drug-likeness (QED) is 0.494. The first-order valence-electron chi connectivity index (χ1n) is 8.76. The lowest BCUT2D eigenvalue weighted by molar-refractivity contribution is 0.0950. The van der Waals surface area contributed by atoms with Gasteiger partial charge in [0.1, 0.15) is 0 Å². The summed E-state index contributed by atoms with van der Waals surface area (Å²) in [5.41, 5.74) is 2.85. The molecule has 0 unspecified atom stereocenters. The number of hydrogen-bond acceptors (Lipinski definition) is 6. The average molecular weight is 415 g/mol. The van der Waals surface area contributed by atoms with E-state index in [0.717, 1.165) is 4.68 Å². The van der Waals surface area contributed by atoms with Crippen molar-refractivity contribution < 1.29 is 14.3 Å². The highest BCUT2D eigenvalue weighted by atomic mass is 35.5. The Morgan fingerprint density at radius 2 is 2.03 bits per heavy atom. The standard InChI is InChI=1S/C20H19ClN4O4/c1-4-29-16-10-12(9-15(21)18(16)28-3)11-22-23-19(26)17-13-7-5-6-8-14(13)20(27)25(2)24-17/h5-11H,4H2,1-3H3,(H,23,26)/b22-11-. The molecule has 0 fully saturated rings. The van der Waals surface area contributed by atoms with Crippen molar-refractivity contribution in [3.8, 4) is 11.5 Å². The van der Waals surface area contributed by atoms with Gasteiger partial charge in [0.2, 0.25) is 0 Å². The van der Waals surface area contributed by atoms with Gasteiger partial charge >= 0.3 is 0 Å². The number of nitrogens with zero attached hydrogens (tertiary/aromatic N) is 3. The van der Waals surface area contributed by atoms with Crippen LogP contribution >= 0.6 is 11.6 Å². The number of hydrogen-bond donors (Lipinski definition) is 1. The van der Waals surface area contributed by atoms with Crippen molar-refractivity contribution in [2.24, 2.45) is 12.1 Å². The van der Waals surface area contributed by atoms with Crippen molar-refractivity contribution in [1.29, 1.82) is 0 Å². The molecule has 0 saturated carbocycles. The molecule has 2 aromatic carbocycles. The van der Waals surface area contributed by atoms with Crippen molar-refractivity contribution >= 4 is 34.5 Å². The van der Waals surface area contributed by atoms with Gasteiger partial charge < -0.3 is 9.47 Å². The maximum atomic E-state index is 12.6. The summed E-state index contributed by atoms with van der Waals surface area (Å²) in [6.45, 7) is 2.29. The Hall–Kier alpha value is -3.39. The minimum absolute atomic E-state index is 0.0996. The molecule has 1 N–H and O–H groups in total. The summed E-state index contributed by atoms with van der Waals surface area (Å²) < 4.78 is 11.9. The maximum absolute atomic E-state index is 12.6. The molecule has 8 nitrogen and oxygen atoms in total. The van der Waals surface area contributed by atoms with Gasteiger partial charge in [0.05, 0.1) is 30.3 Å². The van der Waals surface area contributed by atoms with E-state index in [-0.39, 0.29) is 11.3 Å². The number of benzene rings is 2. The summed E-state index contributed by atoms with van der Waals surface area (Å²) >= 11 is 6.21. The molecule has 0 radical (unpaired) electrons. The molecule has 1 aromatic heterocycles. The third kappa shape index (κ3) is 4.22. The van der Waals surface area contributed by atoms with E-state index in [1.807, 2.05) is 6.92 Å². The lowest BCUT2D eigenvalue weighted by Crippen LogP contribution is -2.27. The van der Waals surface area contributed by atoms with Crippen molar-refractivity contribution in [3.63, 3.8) is 0 Å². The van der Waals surface area contributed by atoms with Gasteiger partial charge in [-0.3, -0.25) is 9.59 Å². The number of aromatic nitrogens is 2. The lowest BCUT2D eigenvalue weighted by Gasteiger charge is -2.11. The molecule has 0 spiro atoms. The van der Waals surface area contributed by atoms with Crippen molar-refractivity contribution in [2.45, 2.75) is 6.92 Å². The SMILES string of the molecule is CCOc1cc(/C=N\NC(=O)c2nn(C)c(=O)c3ccccc23)cc(Cl)c1OC.